The second-order valence-electron chi connectivity index (χ2n) is 6.99. The van der Waals surface area contributed by atoms with Crippen molar-refractivity contribution in [1.82, 2.24) is 4.90 Å². The molecule has 0 bridgehead atoms. The molecule has 0 aromatic carbocycles. The summed E-state index contributed by atoms with van der Waals surface area (Å²) in [6.07, 6.45) is 1.11. The first-order chi connectivity index (χ1) is 9.29. The predicted octanol–water partition coefficient (Wildman–Crippen LogP) is 2.88. The number of rotatable bonds is 2. The maximum absolute atomic E-state index is 12.6. The van der Waals surface area contributed by atoms with Gasteiger partial charge >= 0.3 is 0 Å². The Bertz CT molecular complexity index is 532. The van der Waals surface area contributed by atoms with Gasteiger partial charge in [-0.3, -0.25) is 9.69 Å². The molecule has 0 N–H and O–H groups in total. The quantitative estimate of drug-likeness (QED) is 0.840. The number of carbonyl (C=O) groups is 1. The van der Waals surface area contributed by atoms with Gasteiger partial charge in [0.2, 0.25) is 0 Å². The first-order valence-electron chi connectivity index (χ1n) is 7.32. The van der Waals surface area contributed by atoms with E-state index in [1.54, 1.807) is 0 Å². The first kappa shape index (κ1) is 14.2. The van der Waals surface area contributed by atoms with Gasteiger partial charge in [-0.25, -0.2) is 0 Å². The minimum atomic E-state index is -0.641. The van der Waals surface area contributed by atoms with Crippen molar-refractivity contribution in [2.75, 3.05) is 13.1 Å². The number of nitrogens with zero attached hydrogens (tertiary/aromatic N) is 1. The molecule has 0 aliphatic carbocycles. The highest BCUT2D eigenvalue weighted by Gasteiger charge is 2.53. The smallest absolute Gasteiger partial charge is 0.171 e. The third kappa shape index (κ3) is 2.34. The number of thiophene rings is 1. The van der Waals surface area contributed by atoms with E-state index in [1.165, 1.54) is 10.4 Å². The van der Waals surface area contributed by atoms with Crippen molar-refractivity contribution >= 4 is 17.1 Å². The highest BCUT2D eigenvalue weighted by Crippen LogP contribution is 2.40. The van der Waals surface area contributed by atoms with E-state index in [2.05, 4.69) is 16.3 Å². The van der Waals surface area contributed by atoms with E-state index in [-0.39, 0.29) is 17.3 Å². The Hall–Kier alpha value is -0.710. The molecule has 2 aliphatic heterocycles. The molecule has 3 heterocycles. The molecule has 1 fully saturated rings. The number of ether oxygens (including phenoxy) is 1. The van der Waals surface area contributed by atoms with Gasteiger partial charge < -0.3 is 4.74 Å². The average Bonchev–Trinajstić information content (AvgIpc) is 2.85. The molecule has 1 aromatic rings. The largest absolute Gasteiger partial charge is 0.361 e. The number of ketones is 1. The Morgan fingerprint density at radius 3 is 2.80 bits per heavy atom. The Kier molecular flexibility index (Phi) is 3.31. The van der Waals surface area contributed by atoms with Crippen LogP contribution in [0.2, 0.25) is 0 Å². The van der Waals surface area contributed by atoms with Crippen molar-refractivity contribution in [3.05, 3.63) is 21.9 Å². The van der Waals surface area contributed by atoms with Crippen LogP contribution in [0.4, 0.5) is 0 Å². The van der Waals surface area contributed by atoms with Gasteiger partial charge in [0.1, 0.15) is 5.60 Å². The fourth-order valence-electron chi connectivity index (χ4n) is 3.54. The molecule has 1 aromatic heterocycles. The number of fused-ring (bicyclic) bond motifs is 1. The van der Waals surface area contributed by atoms with Gasteiger partial charge in [0, 0.05) is 24.5 Å². The molecular formula is C16H23NO2S. The van der Waals surface area contributed by atoms with Gasteiger partial charge in [-0.2, -0.15) is 0 Å². The van der Waals surface area contributed by atoms with E-state index in [1.807, 2.05) is 39.0 Å². The lowest BCUT2D eigenvalue weighted by Crippen LogP contribution is -2.42. The zero-order chi connectivity index (χ0) is 14.5. The maximum atomic E-state index is 12.6. The molecule has 0 saturated carbocycles. The summed E-state index contributed by atoms with van der Waals surface area (Å²) < 4.78 is 5.98. The fourth-order valence-corrected chi connectivity index (χ4v) is 4.43. The molecule has 0 spiro atoms. The van der Waals surface area contributed by atoms with Crippen LogP contribution in [0.5, 0.6) is 0 Å². The van der Waals surface area contributed by atoms with E-state index in [0.29, 0.717) is 0 Å². The lowest BCUT2D eigenvalue weighted by atomic mass is 9.85. The van der Waals surface area contributed by atoms with Gasteiger partial charge in [-0.05, 0) is 51.1 Å². The van der Waals surface area contributed by atoms with Crippen molar-refractivity contribution in [3.63, 3.8) is 0 Å². The van der Waals surface area contributed by atoms with Crippen LogP contribution >= 0.6 is 11.3 Å². The highest BCUT2D eigenvalue weighted by molar-refractivity contribution is 7.10. The Morgan fingerprint density at radius 1 is 1.40 bits per heavy atom. The molecule has 4 heteroatoms. The van der Waals surface area contributed by atoms with Crippen LogP contribution in [0.25, 0.3) is 0 Å². The molecule has 0 radical (unpaired) electrons. The molecule has 1 atom stereocenters. The lowest BCUT2D eigenvalue weighted by molar-refractivity contribution is -0.132. The van der Waals surface area contributed by atoms with E-state index >= 15 is 0 Å². The normalized spacial score (nSPS) is 28.6. The first-order valence-corrected chi connectivity index (χ1v) is 8.20. The average molecular weight is 293 g/mol. The van der Waals surface area contributed by atoms with Gasteiger partial charge in [0.25, 0.3) is 0 Å². The molecule has 3 nitrogen and oxygen atoms in total. The second-order valence-corrected chi connectivity index (χ2v) is 7.99. The van der Waals surface area contributed by atoms with Crippen molar-refractivity contribution in [3.8, 4) is 0 Å². The third-order valence-corrected chi connectivity index (χ3v) is 5.62. The molecule has 1 saturated heterocycles. The fraction of sp³-hybridized carbons (Fsp3) is 0.688. The van der Waals surface area contributed by atoms with Crippen LogP contribution in [-0.2, 0) is 22.5 Å². The Labute approximate surface area is 124 Å². The van der Waals surface area contributed by atoms with E-state index in [0.717, 1.165) is 26.1 Å². The van der Waals surface area contributed by atoms with Crippen LogP contribution in [0.1, 0.15) is 38.1 Å². The minimum absolute atomic E-state index is 0.0299. The molecule has 20 heavy (non-hydrogen) atoms. The zero-order valence-electron chi connectivity index (χ0n) is 12.7. The van der Waals surface area contributed by atoms with Crippen molar-refractivity contribution < 1.29 is 9.53 Å². The van der Waals surface area contributed by atoms with Crippen LogP contribution in [0.3, 0.4) is 0 Å². The van der Waals surface area contributed by atoms with E-state index in [9.17, 15) is 4.79 Å². The summed E-state index contributed by atoms with van der Waals surface area (Å²) in [4.78, 5) is 16.5. The van der Waals surface area contributed by atoms with Crippen molar-refractivity contribution in [2.24, 2.45) is 5.92 Å². The molecule has 0 amide bonds. The summed E-state index contributed by atoms with van der Waals surface area (Å²) in [5, 5.41) is 2.17. The van der Waals surface area contributed by atoms with Crippen LogP contribution in [0.15, 0.2) is 11.4 Å². The Morgan fingerprint density at radius 2 is 2.15 bits per heavy atom. The summed E-state index contributed by atoms with van der Waals surface area (Å²) in [7, 11) is 0. The van der Waals surface area contributed by atoms with Crippen LogP contribution in [-0.4, -0.2) is 35.0 Å². The topological polar surface area (TPSA) is 29.5 Å². The second kappa shape index (κ2) is 4.65. The highest BCUT2D eigenvalue weighted by atomic mass is 32.1. The summed E-state index contributed by atoms with van der Waals surface area (Å²) in [6, 6.07) is 2.22. The summed E-state index contributed by atoms with van der Waals surface area (Å²) in [6.45, 7) is 10.7. The predicted molar refractivity (Wildman–Crippen MR) is 81.0 cm³/mol. The van der Waals surface area contributed by atoms with E-state index in [4.69, 9.17) is 4.74 Å². The minimum Gasteiger partial charge on any atom is -0.361 e. The number of hydrogen-bond acceptors (Lipinski definition) is 4. The van der Waals surface area contributed by atoms with Crippen LogP contribution in [0, 0.1) is 5.92 Å². The van der Waals surface area contributed by atoms with Gasteiger partial charge in [0.15, 0.2) is 5.78 Å². The molecular weight excluding hydrogens is 270 g/mol. The number of Topliss-reactive ketones (excluding diaryl/α,β-unsaturated/α-hetero) is 1. The summed E-state index contributed by atoms with van der Waals surface area (Å²) >= 11 is 1.85. The monoisotopic (exact) mass is 293 g/mol. The van der Waals surface area contributed by atoms with Crippen LogP contribution < -0.4 is 0 Å². The Balaban J connectivity index is 1.74. The summed E-state index contributed by atoms with van der Waals surface area (Å²) in [5.41, 5.74) is 0.428. The van der Waals surface area contributed by atoms with Crippen molar-refractivity contribution in [1.29, 1.82) is 0 Å². The molecule has 110 valence electrons. The van der Waals surface area contributed by atoms with E-state index < -0.39 is 5.60 Å². The number of hydrogen-bond donors (Lipinski definition) is 0. The van der Waals surface area contributed by atoms with Gasteiger partial charge in [-0.1, -0.05) is 0 Å². The maximum Gasteiger partial charge on any atom is 0.171 e. The summed E-state index contributed by atoms with van der Waals surface area (Å²) in [5.74, 6) is 0.219. The molecule has 1 unspecified atom stereocenters. The number of carbonyl (C=O) groups excluding carboxylic acids is 1. The van der Waals surface area contributed by atoms with Gasteiger partial charge in [0.05, 0.1) is 11.5 Å². The third-order valence-electron chi connectivity index (χ3n) is 4.59. The standard InChI is InChI=1S/C16H23NO2S/c1-15(2)12(14(18)16(3,4)19-15)10-17-7-5-13-11(9-17)6-8-20-13/h6,8,12H,5,7,9-10H2,1-4H3. The zero-order valence-corrected chi connectivity index (χ0v) is 13.5. The van der Waals surface area contributed by atoms with Crippen molar-refractivity contribution in [2.45, 2.75) is 51.9 Å². The van der Waals surface area contributed by atoms with Gasteiger partial charge in [-0.15, -0.1) is 11.3 Å². The SMILES string of the molecule is CC1(C)OC(C)(C)C(CN2CCc3sccc3C2)C1=O. The molecule has 2 aliphatic rings. The molecule has 3 rings (SSSR count). The lowest BCUT2D eigenvalue weighted by Gasteiger charge is -2.32.